The number of ether oxygens (including phenoxy) is 1. The van der Waals surface area contributed by atoms with Crippen molar-refractivity contribution in [3.8, 4) is 0 Å². The quantitative estimate of drug-likeness (QED) is 0.726. The van der Waals surface area contributed by atoms with Crippen LogP contribution in [0.1, 0.15) is 38.5 Å². The van der Waals surface area contributed by atoms with E-state index < -0.39 is 0 Å². The second kappa shape index (κ2) is 7.17. The molecule has 0 aromatic heterocycles. The molecule has 5 heteroatoms. The van der Waals surface area contributed by atoms with Crippen LogP contribution in [0.15, 0.2) is 0 Å². The van der Waals surface area contributed by atoms with Gasteiger partial charge in [0.15, 0.2) is 0 Å². The maximum absolute atomic E-state index is 12.2. The summed E-state index contributed by atoms with van der Waals surface area (Å²) in [6.07, 6.45) is 6.75. The lowest BCUT2D eigenvalue weighted by Crippen LogP contribution is -2.30. The van der Waals surface area contributed by atoms with E-state index in [1.807, 2.05) is 4.90 Å². The predicted octanol–water partition coefficient (Wildman–Crippen LogP) is 2.07. The van der Waals surface area contributed by atoms with Gasteiger partial charge in [0.1, 0.15) is 0 Å². The first-order valence-electron chi connectivity index (χ1n) is 7.15. The SMILES string of the molecule is COC(=O)CS[C@@H]1CCN(C(=O)CC2CCCC2)C1. The Morgan fingerprint density at radius 3 is 2.68 bits per heavy atom. The first-order valence-corrected chi connectivity index (χ1v) is 8.20. The Morgan fingerprint density at radius 1 is 1.26 bits per heavy atom. The van der Waals surface area contributed by atoms with Gasteiger partial charge in [-0.1, -0.05) is 12.8 Å². The number of methoxy groups -OCH3 is 1. The summed E-state index contributed by atoms with van der Waals surface area (Å²) in [6, 6.07) is 0. The van der Waals surface area contributed by atoms with Gasteiger partial charge >= 0.3 is 5.97 Å². The van der Waals surface area contributed by atoms with E-state index in [-0.39, 0.29) is 5.97 Å². The van der Waals surface area contributed by atoms with Gasteiger partial charge in [-0.15, -0.1) is 11.8 Å². The van der Waals surface area contributed by atoms with Crippen molar-refractivity contribution in [3.63, 3.8) is 0 Å². The van der Waals surface area contributed by atoms with Gasteiger partial charge in [-0.25, -0.2) is 0 Å². The van der Waals surface area contributed by atoms with Gasteiger partial charge in [-0.05, 0) is 25.2 Å². The van der Waals surface area contributed by atoms with Gasteiger partial charge in [-0.3, -0.25) is 9.59 Å². The number of likely N-dealkylation sites (tertiary alicyclic amines) is 1. The van der Waals surface area contributed by atoms with Gasteiger partial charge in [0.05, 0.1) is 12.9 Å². The van der Waals surface area contributed by atoms with Crippen molar-refractivity contribution in [2.75, 3.05) is 26.0 Å². The fraction of sp³-hybridized carbons (Fsp3) is 0.857. The third kappa shape index (κ3) is 4.41. The van der Waals surface area contributed by atoms with Crippen LogP contribution >= 0.6 is 11.8 Å². The number of hydrogen-bond acceptors (Lipinski definition) is 4. The molecule has 2 fully saturated rings. The maximum atomic E-state index is 12.2. The van der Waals surface area contributed by atoms with Crippen molar-refractivity contribution in [2.24, 2.45) is 5.92 Å². The van der Waals surface area contributed by atoms with Crippen molar-refractivity contribution < 1.29 is 14.3 Å². The molecule has 0 aromatic carbocycles. The van der Waals surface area contributed by atoms with Gasteiger partial charge in [-0.2, -0.15) is 0 Å². The highest BCUT2D eigenvalue weighted by Crippen LogP contribution is 2.29. The molecule has 1 aliphatic heterocycles. The summed E-state index contributed by atoms with van der Waals surface area (Å²) in [5.74, 6) is 1.15. The minimum Gasteiger partial charge on any atom is -0.468 e. The van der Waals surface area contributed by atoms with Crippen molar-refractivity contribution in [1.29, 1.82) is 0 Å². The standard InChI is InChI=1S/C14H23NO3S/c1-18-14(17)10-19-12-6-7-15(9-12)13(16)8-11-4-2-3-5-11/h11-12H,2-10H2,1H3/t12-/m1/s1. The minimum atomic E-state index is -0.180. The first-order chi connectivity index (χ1) is 9.19. The van der Waals surface area contributed by atoms with Gasteiger partial charge in [0.25, 0.3) is 0 Å². The molecule has 0 N–H and O–H groups in total. The molecule has 0 bridgehead atoms. The first kappa shape index (κ1) is 14.7. The van der Waals surface area contributed by atoms with Crippen molar-refractivity contribution >= 4 is 23.6 Å². The summed E-state index contributed by atoms with van der Waals surface area (Å²) in [5, 5.41) is 0.395. The van der Waals surface area contributed by atoms with E-state index in [4.69, 9.17) is 0 Å². The molecule has 108 valence electrons. The van der Waals surface area contributed by atoms with Crippen molar-refractivity contribution in [1.82, 2.24) is 4.90 Å². The van der Waals surface area contributed by atoms with Crippen molar-refractivity contribution in [3.05, 3.63) is 0 Å². The van der Waals surface area contributed by atoms with Crippen LogP contribution in [0.2, 0.25) is 0 Å². The zero-order valence-corrected chi connectivity index (χ0v) is 12.4. The summed E-state index contributed by atoms with van der Waals surface area (Å²) in [5.41, 5.74) is 0. The molecule has 1 saturated heterocycles. The van der Waals surface area contributed by atoms with Crippen molar-refractivity contribution in [2.45, 2.75) is 43.8 Å². The largest absolute Gasteiger partial charge is 0.468 e. The highest BCUT2D eigenvalue weighted by Gasteiger charge is 2.29. The summed E-state index contributed by atoms with van der Waals surface area (Å²) >= 11 is 1.61. The third-order valence-electron chi connectivity index (χ3n) is 4.10. The smallest absolute Gasteiger partial charge is 0.315 e. The Balaban J connectivity index is 1.68. The molecule has 1 atom stereocenters. The second-order valence-corrected chi connectivity index (χ2v) is 6.78. The molecule has 0 aromatic rings. The molecular weight excluding hydrogens is 262 g/mol. The molecule has 0 radical (unpaired) electrons. The van der Waals surface area contributed by atoms with E-state index in [9.17, 15) is 9.59 Å². The molecule has 2 aliphatic rings. The summed E-state index contributed by atoms with van der Waals surface area (Å²) in [4.78, 5) is 25.2. The zero-order chi connectivity index (χ0) is 13.7. The van der Waals surface area contributed by atoms with E-state index in [1.165, 1.54) is 32.8 Å². The van der Waals surface area contributed by atoms with E-state index in [0.717, 1.165) is 25.9 Å². The highest BCUT2D eigenvalue weighted by atomic mass is 32.2. The second-order valence-electron chi connectivity index (χ2n) is 5.49. The molecule has 19 heavy (non-hydrogen) atoms. The number of carbonyl (C=O) groups is 2. The van der Waals surface area contributed by atoms with E-state index in [2.05, 4.69) is 4.74 Å². The Morgan fingerprint density at radius 2 is 2.00 bits per heavy atom. The number of hydrogen-bond donors (Lipinski definition) is 0. The summed E-state index contributed by atoms with van der Waals surface area (Å²) < 4.78 is 4.63. The molecule has 0 unspecified atom stereocenters. The van der Waals surface area contributed by atoms with Gasteiger partial charge < -0.3 is 9.64 Å². The van der Waals surface area contributed by atoms with Crippen LogP contribution < -0.4 is 0 Å². The Kier molecular flexibility index (Phi) is 5.55. The van der Waals surface area contributed by atoms with Crippen LogP contribution in [0.3, 0.4) is 0 Å². The molecule has 1 saturated carbocycles. The third-order valence-corrected chi connectivity index (χ3v) is 5.36. The lowest BCUT2D eigenvalue weighted by atomic mass is 10.0. The summed E-state index contributed by atoms with van der Waals surface area (Å²) in [6.45, 7) is 1.65. The van der Waals surface area contributed by atoms with Crippen LogP contribution in [0.4, 0.5) is 0 Å². The van der Waals surface area contributed by atoms with E-state index in [1.54, 1.807) is 11.8 Å². The number of amides is 1. The van der Waals surface area contributed by atoms with E-state index >= 15 is 0 Å². The molecule has 0 spiro atoms. The zero-order valence-electron chi connectivity index (χ0n) is 11.6. The Labute approximate surface area is 119 Å². The monoisotopic (exact) mass is 285 g/mol. The van der Waals surface area contributed by atoms with Crippen LogP contribution in [-0.2, 0) is 14.3 Å². The summed E-state index contributed by atoms with van der Waals surface area (Å²) in [7, 11) is 1.41. The lowest BCUT2D eigenvalue weighted by Gasteiger charge is -2.18. The van der Waals surface area contributed by atoms with Crippen LogP contribution in [0, 0.1) is 5.92 Å². The molecule has 1 amide bonds. The maximum Gasteiger partial charge on any atom is 0.315 e. The number of nitrogens with zero attached hydrogens (tertiary/aromatic N) is 1. The average molecular weight is 285 g/mol. The highest BCUT2D eigenvalue weighted by molar-refractivity contribution is 8.00. The Hall–Kier alpha value is -0.710. The van der Waals surface area contributed by atoms with Gasteiger partial charge in [0, 0.05) is 24.8 Å². The topological polar surface area (TPSA) is 46.6 Å². The predicted molar refractivity (Wildman–Crippen MR) is 76.0 cm³/mol. The van der Waals surface area contributed by atoms with Crippen LogP contribution in [-0.4, -0.2) is 48.0 Å². The number of carbonyl (C=O) groups excluding carboxylic acids is 2. The molecule has 4 nitrogen and oxygen atoms in total. The van der Waals surface area contributed by atoms with Crippen LogP contribution in [0.25, 0.3) is 0 Å². The minimum absolute atomic E-state index is 0.180. The number of rotatable bonds is 5. The molecule has 1 heterocycles. The van der Waals surface area contributed by atoms with Gasteiger partial charge in [0.2, 0.25) is 5.91 Å². The number of esters is 1. The number of thioether (sulfide) groups is 1. The molecule has 1 aliphatic carbocycles. The Bertz CT molecular complexity index is 329. The van der Waals surface area contributed by atoms with Crippen LogP contribution in [0.5, 0.6) is 0 Å². The molecule has 2 rings (SSSR count). The average Bonchev–Trinajstić information content (AvgIpc) is 3.06. The molecular formula is C14H23NO3S. The van der Waals surface area contributed by atoms with E-state index in [0.29, 0.717) is 22.8 Å². The lowest BCUT2D eigenvalue weighted by molar-refractivity contribution is -0.137. The fourth-order valence-corrected chi connectivity index (χ4v) is 3.97. The fourth-order valence-electron chi connectivity index (χ4n) is 2.93. The normalized spacial score (nSPS) is 23.8.